The first-order valence-electron chi connectivity index (χ1n) is 8.56. The van der Waals surface area contributed by atoms with Crippen molar-refractivity contribution in [2.75, 3.05) is 19.6 Å². The van der Waals surface area contributed by atoms with Crippen LogP contribution >= 0.6 is 11.6 Å². The molecule has 2 heterocycles. The number of carbonyl (C=O) groups is 1. The number of hydrogen-bond acceptors (Lipinski definition) is 4. The fourth-order valence-electron chi connectivity index (χ4n) is 3.55. The van der Waals surface area contributed by atoms with E-state index >= 15 is 0 Å². The van der Waals surface area contributed by atoms with Gasteiger partial charge in [0.25, 0.3) is 5.56 Å². The standard InChI is InChI=1S/C17H18ClF3N4O3/c1-9(22-16(27)28)14-23-12-4-2-3-11(18)13(12)15(26)25(14)10-5-6-24(7-10)8-17(19,20)21/h2-4,9-10,22H,5-8H2,1H3,(H,27,28)/t9-,10?/m0/s1. The first-order chi connectivity index (χ1) is 13.1. The molecule has 1 aliphatic heterocycles. The molecule has 11 heteroatoms. The van der Waals surface area contributed by atoms with E-state index in [1.165, 1.54) is 22.5 Å². The molecule has 152 valence electrons. The molecule has 2 aromatic rings. The van der Waals surface area contributed by atoms with Crippen LogP contribution < -0.4 is 10.9 Å². The monoisotopic (exact) mass is 418 g/mol. The third-order valence-electron chi connectivity index (χ3n) is 4.65. The number of halogens is 4. The molecule has 2 N–H and O–H groups in total. The zero-order valence-corrected chi connectivity index (χ0v) is 15.6. The highest BCUT2D eigenvalue weighted by Gasteiger charge is 2.36. The van der Waals surface area contributed by atoms with Gasteiger partial charge in [0.05, 0.1) is 34.6 Å². The smallest absolute Gasteiger partial charge is 0.405 e. The van der Waals surface area contributed by atoms with E-state index in [0.29, 0.717) is 11.9 Å². The Kier molecular flexibility index (Phi) is 5.53. The van der Waals surface area contributed by atoms with Gasteiger partial charge >= 0.3 is 12.3 Å². The van der Waals surface area contributed by atoms with Gasteiger partial charge in [-0.05, 0) is 25.5 Å². The number of carboxylic acid groups (broad SMARTS) is 1. The molecule has 1 saturated heterocycles. The first-order valence-corrected chi connectivity index (χ1v) is 8.94. The van der Waals surface area contributed by atoms with Crippen molar-refractivity contribution >= 4 is 28.6 Å². The van der Waals surface area contributed by atoms with Crippen molar-refractivity contribution in [3.8, 4) is 0 Å². The quantitative estimate of drug-likeness (QED) is 0.796. The summed E-state index contributed by atoms with van der Waals surface area (Å²) in [5.41, 5.74) is -0.198. The predicted octanol–water partition coefficient (Wildman–Crippen LogP) is 3.19. The van der Waals surface area contributed by atoms with E-state index < -0.39 is 36.5 Å². The molecule has 1 aromatic heterocycles. The Labute approximate surface area is 162 Å². The van der Waals surface area contributed by atoms with Crippen LogP contribution in [0.15, 0.2) is 23.0 Å². The molecule has 28 heavy (non-hydrogen) atoms. The fraction of sp³-hybridized carbons (Fsp3) is 0.471. The second-order valence-electron chi connectivity index (χ2n) is 6.74. The maximum Gasteiger partial charge on any atom is 0.405 e. The van der Waals surface area contributed by atoms with Crippen LogP contribution in [-0.2, 0) is 0 Å². The zero-order valence-electron chi connectivity index (χ0n) is 14.8. The van der Waals surface area contributed by atoms with Gasteiger partial charge in [-0.1, -0.05) is 17.7 Å². The SMILES string of the molecule is C[C@H](NC(=O)O)c1nc2cccc(Cl)c2c(=O)n1C1CCN(CC(F)(F)F)C1. The summed E-state index contributed by atoms with van der Waals surface area (Å²) in [6, 6.07) is 3.30. The third-order valence-corrected chi connectivity index (χ3v) is 4.96. The molecule has 0 saturated carbocycles. The Balaban J connectivity index is 2.09. The number of alkyl halides is 3. The number of amides is 1. The van der Waals surface area contributed by atoms with Crippen LogP contribution in [-0.4, -0.2) is 51.5 Å². The number of nitrogens with zero attached hydrogens (tertiary/aromatic N) is 3. The van der Waals surface area contributed by atoms with Crippen molar-refractivity contribution in [2.45, 2.75) is 31.6 Å². The van der Waals surface area contributed by atoms with Crippen molar-refractivity contribution in [3.05, 3.63) is 39.4 Å². The summed E-state index contributed by atoms with van der Waals surface area (Å²) in [4.78, 5) is 29.8. The molecular formula is C17H18ClF3N4O3. The van der Waals surface area contributed by atoms with Gasteiger partial charge in [0, 0.05) is 13.1 Å². The third kappa shape index (κ3) is 4.22. The summed E-state index contributed by atoms with van der Waals surface area (Å²) >= 11 is 6.15. The minimum absolute atomic E-state index is 0.00382. The van der Waals surface area contributed by atoms with Crippen molar-refractivity contribution in [1.29, 1.82) is 0 Å². The number of hydrogen-bond donors (Lipinski definition) is 2. The maximum atomic E-state index is 13.2. The summed E-state index contributed by atoms with van der Waals surface area (Å²) in [7, 11) is 0. The molecule has 7 nitrogen and oxygen atoms in total. The van der Waals surface area contributed by atoms with E-state index in [1.54, 1.807) is 12.1 Å². The topological polar surface area (TPSA) is 87.5 Å². The molecule has 0 bridgehead atoms. The molecular weight excluding hydrogens is 401 g/mol. The number of likely N-dealkylation sites (tertiary alicyclic amines) is 1. The first kappa shape index (κ1) is 20.4. The zero-order chi connectivity index (χ0) is 20.6. The fourth-order valence-corrected chi connectivity index (χ4v) is 3.80. The van der Waals surface area contributed by atoms with E-state index in [-0.39, 0.29) is 29.3 Å². The molecule has 1 aliphatic rings. The normalized spacial score (nSPS) is 19.1. The van der Waals surface area contributed by atoms with E-state index in [1.807, 2.05) is 0 Å². The van der Waals surface area contributed by atoms with Crippen LogP contribution in [0.2, 0.25) is 5.02 Å². The lowest BCUT2D eigenvalue weighted by molar-refractivity contribution is -0.143. The number of benzene rings is 1. The van der Waals surface area contributed by atoms with Crippen LogP contribution in [0, 0.1) is 0 Å². The van der Waals surface area contributed by atoms with Gasteiger partial charge in [-0.25, -0.2) is 9.78 Å². The molecule has 2 atom stereocenters. The van der Waals surface area contributed by atoms with E-state index in [0.717, 1.165) is 0 Å². The van der Waals surface area contributed by atoms with Crippen LogP contribution in [0.3, 0.4) is 0 Å². The van der Waals surface area contributed by atoms with Crippen LogP contribution in [0.5, 0.6) is 0 Å². The minimum atomic E-state index is -4.34. The number of rotatable bonds is 4. The summed E-state index contributed by atoms with van der Waals surface area (Å²) in [5.74, 6) is 0.140. The summed E-state index contributed by atoms with van der Waals surface area (Å²) in [6.07, 6.45) is -5.34. The van der Waals surface area contributed by atoms with Crippen LogP contribution in [0.25, 0.3) is 10.9 Å². The lowest BCUT2D eigenvalue weighted by Crippen LogP contribution is -2.37. The van der Waals surface area contributed by atoms with Crippen LogP contribution in [0.4, 0.5) is 18.0 Å². The number of aromatic nitrogens is 2. The summed E-state index contributed by atoms with van der Waals surface area (Å²) in [5, 5.41) is 11.6. The number of nitrogens with one attached hydrogen (secondary N) is 1. The predicted molar refractivity (Wildman–Crippen MR) is 96.7 cm³/mol. The Morgan fingerprint density at radius 3 is 2.82 bits per heavy atom. The van der Waals surface area contributed by atoms with Crippen molar-refractivity contribution in [3.63, 3.8) is 0 Å². The second-order valence-corrected chi connectivity index (χ2v) is 7.15. The van der Waals surface area contributed by atoms with Crippen molar-refractivity contribution < 1.29 is 23.1 Å². The largest absolute Gasteiger partial charge is 0.465 e. The van der Waals surface area contributed by atoms with E-state index in [2.05, 4.69) is 10.3 Å². The van der Waals surface area contributed by atoms with Gasteiger partial charge in [-0.3, -0.25) is 14.3 Å². The lowest BCUT2D eigenvalue weighted by Gasteiger charge is -2.23. The van der Waals surface area contributed by atoms with Crippen molar-refractivity contribution in [1.82, 2.24) is 19.8 Å². The summed E-state index contributed by atoms with van der Waals surface area (Å²) in [6.45, 7) is 0.616. The van der Waals surface area contributed by atoms with Gasteiger partial charge in [-0.2, -0.15) is 13.2 Å². The highest BCUT2D eigenvalue weighted by Crippen LogP contribution is 2.28. The van der Waals surface area contributed by atoms with E-state index in [9.17, 15) is 22.8 Å². The molecule has 0 spiro atoms. The number of fused-ring (bicyclic) bond motifs is 1. The molecule has 3 rings (SSSR count). The molecule has 0 aliphatic carbocycles. The molecule has 1 amide bonds. The Morgan fingerprint density at radius 1 is 1.46 bits per heavy atom. The Hall–Kier alpha value is -2.33. The van der Waals surface area contributed by atoms with E-state index in [4.69, 9.17) is 16.7 Å². The minimum Gasteiger partial charge on any atom is -0.465 e. The average molecular weight is 419 g/mol. The van der Waals surface area contributed by atoms with Gasteiger partial charge in [0.2, 0.25) is 0 Å². The lowest BCUT2D eigenvalue weighted by atomic mass is 10.1. The van der Waals surface area contributed by atoms with Gasteiger partial charge in [0.15, 0.2) is 0 Å². The van der Waals surface area contributed by atoms with Crippen LogP contribution in [0.1, 0.15) is 31.3 Å². The van der Waals surface area contributed by atoms with Gasteiger partial charge in [-0.15, -0.1) is 0 Å². The Bertz CT molecular complexity index is 963. The highest BCUT2D eigenvalue weighted by molar-refractivity contribution is 6.35. The van der Waals surface area contributed by atoms with Gasteiger partial charge in [0.1, 0.15) is 5.82 Å². The molecule has 1 unspecified atom stereocenters. The van der Waals surface area contributed by atoms with Crippen molar-refractivity contribution in [2.24, 2.45) is 0 Å². The van der Waals surface area contributed by atoms with Gasteiger partial charge < -0.3 is 10.4 Å². The summed E-state index contributed by atoms with van der Waals surface area (Å²) < 4.78 is 39.4. The molecule has 1 aromatic carbocycles. The highest BCUT2D eigenvalue weighted by atomic mass is 35.5. The maximum absolute atomic E-state index is 13.2. The molecule has 1 fully saturated rings. The molecule has 0 radical (unpaired) electrons. The second kappa shape index (κ2) is 7.59. The Morgan fingerprint density at radius 2 is 2.18 bits per heavy atom. The average Bonchev–Trinajstić information content (AvgIpc) is 2.99.